The molecule has 0 spiro atoms. The van der Waals surface area contributed by atoms with Gasteiger partial charge in [0.15, 0.2) is 5.96 Å². The predicted octanol–water partition coefficient (Wildman–Crippen LogP) is 3.39. The van der Waals surface area contributed by atoms with Crippen LogP contribution in [-0.2, 0) is 9.59 Å². The Kier molecular flexibility index (Phi) is 5.92. The van der Waals surface area contributed by atoms with Gasteiger partial charge in [0.2, 0.25) is 11.8 Å². The molecule has 0 saturated heterocycles. The van der Waals surface area contributed by atoms with E-state index in [4.69, 9.17) is 10.5 Å². The Morgan fingerprint density at radius 1 is 1.25 bits per heavy atom. The zero-order chi connectivity index (χ0) is 25.8. The molecule has 190 valence electrons. The summed E-state index contributed by atoms with van der Waals surface area (Å²) < 4.78 is 34.1. The van der Waals surface area contributed by atoms with E-state index < -0.39 is 35.2 Å². The summed E-state index contributed by atoms with van der Waals surface area (Å²) in [5, 5.41) is 3.06. The first-order valence-electron chi connectivity index (χ1n) is 12.1. The Hall–Kier alpha value is -3.56. The quantitative estimate of drug-likeness (QED) is 0.658. The highest BCUT2D eigenvalue weighted by atomic mass is 19.1. The average Bonchev–Trinajstić information content (AvgIpc) is 3.56. The zero-order valence-electron chi connectivity index (χ0n) is 20.4. The third-order valence-corrected chi connectivity index (χ3v) is 7.01. The van der Waals surface area contributed by atoms with Crippen LogP contribution < -0.4 is 15.8 Å². The van der Waals surface area contributed by atoms with E-state index in [1.807, 2.05) is 13.8 Å². The number of nitrogens with zero attached hydrogens (tertiary/aromatic N) is 3. The van der Waals surface area contributed by atoms with E-state index in [2.05, 4.69) is 15.3 Å². The second kappa shape index (κ2) is 8.83. The summed E-state index contributed by atoms with van der Waals surface area (Å²) in [4.78, 5) is 36.0. The normalized spacial score (nSPS) is 27.4. The fourth-order valence-electron chi connectivity index (χ4n) is 5.39. The summed E-state index contributed by atoms with van der Waals surface area (Å²) in [6.45, 7) is 5.62. The molecule has 1 aromatic heterocycles. The first-order chi connectivity index (χ1) is 17.0. The first kappa shape index (κ1) is 24.1. The minimum absolute atomic E-state index is 0.0506. The summed E-state index contributed by atoms with van der Waals surface area (Å²) in [6, 6.07) is 4.22. The number of carbonyl (C=O) groups excluding carboxylic acids is 2. The van der Waals surface area contributed by atoms with Gasteiger partial charge in [-0.3, -0.25) is 19.5 Å². The largest absolute Gasteiger partial charge is 0.487 e. The van der Waals surface area contributed by atoms with Crippen molar-refractivity contribution in [2.24, 2.45) is 22.6 Å². The second-order valence-electron chi connectivity index (χ2n) is 10.5. The summed E-state index contributed by atoms with van der Waals surface area (Å²) in [5.41, 5.74) is 6.65. The SMILES string of the molecule is C[C@@H]1CC(=O)N(C(c2cncc(F)c2)[C@H]2CC2C(=O)N[C@H]2CC(C)(C)Oc3ccc(F)cc32)C(N)=N1. The topological polar surface area (TPSA) is 110 Å². The van der Waals surface area contributed by atoms with Gasteiger partial charge in [-0.05, 0) is 62.9 Å². The molecule has 2 aliphatic heterocycles. The lowest BCUT2D eigenvalue weighted by atomic mass is 9.89. The number of aliphatic imine (C=N–C) groups is 1. The van der Waals surface area contributed by atoms with E-state index in [-0.39, 0.29) is 36.2 Å². The molecule has 5 atom stereocenters. The van der Waals surface area contributed by atoms with Gasteiger partial charge in [0.05, 0.1) is 24.3 Å². The monoisotopic (exact) mass is 497 g/mol. The number of fused-ring (bicyclic) bond motifs is 1. The molecule has 1 aromatic carbocycles. The molecule has 8 nitrogen and oxygen atoms in total. The van der Waals surface area contributed by atoms with Crippen molar-refractivity contribution >= 4 is 17.8 Å². The molecule has 1 fully saturated rings. The Bertz CT molecular complexity index is 1250. The minimum atomic E-state index is -0.677. The number of guanidine groups is 1. The molecule has 3 aliphatic rings. The van der Waals surface area contributed by atoms with Gasteiger partial charge in [0, 0.05) is 30.5 Å². The Labute approximate surface area is 207 Å². The highest BCUT2D eigenvalue weighted by Crippen LogP contribution is 2.51. The molecule has 36 heavy (non-hydrogen) atoms. The molecule has 5 rings (SSSR count). The summed E-state index contributed by atoms with van der Waals surface area (Å²) >= 11 is 0. The highest BCUT2D eigenvalue weighted by Gasteiger charge is 2.53. The molecular formula is C26H29F2N5O3. The molecule has 2 aromatic rings. The van der Waals surface area contributed by atoms with Crippen molar-refractivity contribution in [1.82, 2.24) is 15.2 Å². The molecule has 0 radical (unpaired) electrons. The highest BCUT2D eigenvalue weighted by molar-refractivity contribution is 5.99. The number of carbonyl (C=O) groups is 2. The van der Waals surface area contributed by atoms with Gasteiger partial charge in [-0.25, -0.2) is 13.8 Å². The van der Waals surface area contributed by atoms with Gasteiger partial charge in [-0.15, -0.1) is 0 Å². The van der Waals surface area contributed by atoms with Gasteiger partial charge in [-0.2, -0.15) is 0 Å². The molecule has 3 N–H and O–H groups in total. The third kappa shape index (κ3) is 4.64. The number of amides is 2. The molecule has 1 saturated carbocycles. The summed E-state index contributed by atoms with van der Waals surface area (Å²) in [5.74, 6) is -1.57. The van der Waals surface area contributed by atoms with Gasteiger partial charge in [0.25, 0.3) is 0 Å². The maximum absolute atomic E-state index is 14.1. The van der Waals surface area contributed by atoms with E-state index in [0.717, 1.165) is 6.20 Å². The summed E-state index contributed by atoms with van der Waals surface area (Å²) in [6.07, 6.45) is 3.68. The Balaban J connectivity index is 1.41. The lowest BCUT2D eigenvalue weighted by Gasteiger charge is -2.38. The van der Waals surface area contributed by atoms with Crippen molar-refractivity contribution in [3.8, 4) is 5.75 Å². The average molecular weight is 498 g/mol. The number of aromatic nitrogens is 1. The van der Waals surface area contributed by atoms with Crippen molar-refractivity contribution in [3.63, 3.8) is 0 Å². The number of benzene rings is 1. The smallest absolute Gasteiger partial charge is 0.232 e. The number of ether oxygens (including phenoxy) is 1. The van der Waals surface area contributed by atoms with Crippen LogP contribution in [0.25, 0.3) is 0 Å². The van der Waals surface area contributed by atoms with Crippen LogP contribution in [-0.4, -0.2) is 39.3 Å². The van der Waals surface area contributed by atoms with Crippen LogP contribution in [0, 0.1) is 23.5 Å². The molecule has 1 aliphatic carbocycles. The number of hydrogen-bond acceptors (Lipinski definition) is 6. The van der Waals surface area contributed by atoms with Crippen molar-refractivity contribution in [1.29, 1.82) is 0 Å². The van der Waals surface area contributed by atoms with Crippen LogP contribution in [0.15, 0.2) is 41.7 Å². The number of rotatable bonds is 5. The molecule has 2 amide bonds. The van der Waals surface area contributed by atoms with Crippen LogP contribution in [0.2, 0.25) is 0 Å². The fraction of sp³-hybridized carbons (Fsp3) is 0.462. The van der Waals surface area contributed by atoms with E-state index >= 15 is 0 Å². The lowest BCUT2D eigenvalue weighted by Crippen LogP contribution is -2.49. The number of nitrogens with one attached hydrogen (secondary N) is 1. The molecule has 10 heteroatoms. The van der Waals surface area contributed by atoms with Gasteiger partial charge in [-0.1, -0.05) is 0 Å². The number of hydrogen-bond donors (Lipinski definition) is 2. The van der Waals surface area contributed by atoms with Gasteiger partial charge < -0.3 is 15.8 Å². The Morgan fingerprint density at radius 3 is 2.75 bits per heavy atom. The molecular weight excluding hydrogens is 468 g/mol. The first-order valence-corrected chi connectivity index (χ1v) is 12.1. The van der Waals surface area contributed by atoms with Crippen molar-refractivity contribution in [3.05, 3.63) is 59.4 Å². The predicted molar refractivity (Wildman–Crippen MR) is 128 cm³/mol. The minimum Gasteiger partial charge on any atom is -0.487 e. The number of pyridine rings is 1. The molecule has 2 unspecified atom stereocenters. The van der Waals surface area contributed by atoms with E-state index in [1.54, 1.807) is 13.0 Å². The van der Waals surface area contributed by atoms with Gasteiger partial charge >= 0.3 is 0 Å². The lowest BCUT2D eigenvalue weighted by molar-refractivity contribution is -0.131. The molecule has 0 bridgehead atoms. The Morgan fingerprint density at radius 2 is 2.03 bits per heavy atom. The van der Waals surface area contributed by atoms with Crippen LogP contribution in [0.1, 0.15) is 63.2 Å². The number of halogens is 2. The van der Waals surface area contributed by atoms with E-state index in [9.17, 15) is 18.4 Å². The number of nitrogens with two attached hydrogens (primary N) is 1. The molecule has 3 heterocycles. The fourth-order valence-corrected chi connectivity index (χ4v) is 5.39. The van der Waals surface area contributed by atoms with E-state index in [0.29, 0.717) is 29.7 Å². The van der Waals surface area contributed by atoms with E-state index in [1.165, 1.54) is 29.3 Å². The summed E-state index contributed by atoms with van der Waals surface area (Å²) in [7, 11) is 0. The van der Waals surface area contributed by atoms with Crippen LogP contribution >= 0.6 is 0 Å². The van der Waals surface area contributed by atoms with Gasteiger partial charge in [0.1, 0.15) is 23.0 Å². The second-order valence-corrected chi connectivity index (χ2v) is 10.5. The van der Waals surface area contributed by atoms with Crippen LogP contribution in [0.4, 0.5) is 8.78 Å². The van der Waals surface area contributed by atoms with Crippen molar-refractivity contribution in [2.45, 2.75) is 63.8 Å². The van der Waals surface area contributed by atoms with Crippen molar-refractivity contribution in [2.75, 3.05) is 0 Å². The standard InChI is InChI=1S/C26H29F2N5O3/c1-13-6-22(34)33(25(29)31-13)23(14-7-16(28)12-30-11-14)17-9-18(17)24(35)32-20-10-26(2,3)36-21-5-4-15(27)8-19(20)21/h4-5,7-8,11-13,17-18,20,23H,6,9-10H2,1-3H3,(H2,29,31)(H,32,35)/t13-,17+,18?,20+,23?/m1/s1. The van der Waals surface area contributed by atoms with Crippen LogP contribution in [0.3, 0.4) is 0 Å². The maximum atomic E-state index is 14.1. The third-order valence-electron chi connectivity index (χ3n) is 7.01. The zero-order valence-corrected chi connectivity index (χ0v) is 20.4. The maximum Gasteiger partial charge on any atom is 0.232 e. The van der Waals surface area contributed by atoms with Crippen molar-refractivity contribution < 1.29 is 23.1 Å². The van der Waals surface area contributed by atoms with Crippen LogP contribution in [0.5, 0.6) is 5.75 Å².